The fourth-order valence-corrected chi connectivity index (χ4v) is 1.27. The highest BCUT2D eigenvalue weighted by molar-refractivity contribution is 7.98. The first-order valence-electron chi connectivity index (χ1n) is 3.55. The molecule has 0 bridgehead atoms. The number of H-pyrrole nitrogens is 1. The third-order valence-corrected chi connectivity index (χ3v) is 2.09. The van der Waals surface area contributed by atoms with Gasteiger partial charge in [0.15, 0.2) is 5.16 Å². The van der Waals surface area contributed by atoms with Crippen LogP contribution in [0, 0.1) is 0 Å². The molecule has 0 aromatic carbocycles. The van der Waals surface area contributed by atoms with E-state index in [1.165, 1.54) is 18.0 Å². The van der Waals surface area contributed by atoms with Gasteiger partial charge in [0.2, 0.25) is 0 Å². The van der Waals surface area contributed by atoms with Crippen LogP contribution in [0.2, 0.25) is 0 Å². The molecule has 0 amide bonds. The van der Waals surface area contributed by atoms with Gasteiger partial charge < -0.3 is 0 Å². The predicted molar refractivity (Wildman–Crippen MR) is 49.7 cm³/mol. The van der Waals surface area contributed by atoms with Gasteiger partial charge in [0.05, 0.1) is 5.39 Å². The molecule has 0 fully saturated rings. The number of hydrogen-bond acceptors (Lipinski definition) is 5. The number of hydrogen-bond donors (Lipinski definition) is 1. The molecular weight excluding hydrogens is 188 g/mol. The Hall–Kier alpha value is -1.43. The van der Waals surface area contributed by atoms with E-state index in [2.05, 4.69) is 19.9 Å². The van der Waals surface area contributed by atoms with Crippen molar-refractivity contribution in [3.8, 4) is 0 Å². The lowest BCUT2D eigenvalue weighted by Gasteiger charge is -1.96. The second-order valence-corrected chi connectivity index (χ2v) is 3.12. The van der Waals surface area contributed by atoms with E-state index in [1.807, 2.05) is 6.26 Å². The van der Waals surface area contributed by atoms with E-state index < -0.39 is 5.69 Å². The van der Waals surface area contributed by atoms with E-state index in [0.717, 1.165) is 5.39 Å². The maximum atomic E-state index is 10.8. The fourth-order valence-electron chi connectivity index (χ4n) is 0.930. The van der Waals surface area contributed by atoms with Crippen LogP contribution in [0.5, 0.6) is 0 Å². The lowest BCUT2D eigenvalue weighted by atomic mass is 10.4. The number of rotatable bonds is 1. The molecule has 66 valence electrons. The first-order valence-corrected chi connectivity index (χ1v) is 4.78. The van der Waals surface area contributed by atoms with Crippen LogP contribution in [-0.2, 0) is 0 Å². The zero-order chi connectivity index (χ0) is 9.26. The molecule has 5 nitrogen and oxygen atoms in total. The average Bonchev–Trinajstić information content (AvgIpc) is 2.16. The number of fused-ring (bicyclic) bond motifs is 1. The molecule has 0 saturated carbocycles. The number of nitrogens with zero attached hydrogens (tertiary/aromatic N) is 3. The van der Waals surface area contributed by atoms with Crippen molar-refractivity contribution >= 4 is 22.8 Å². The molecule has 0 radical (unpaired) electrons. The molecule has 6 heteroatoms. The summed E-state index contributed by atoms with van der Waals surface area (Å²) in [7, 11) is 0. The molecule has 1 N–H and O–H groups in total. The van der Waals surface area contributed by atoms with Crippen molar-refractivity contribution < 1.29 is 0 Å². The van der Waals surface area contributed by atoms with Gasteiger partial charge in [0, 0.05) is 12.4 Å². The summed E-state index contributed by atoms with van der Waals surface area (Å²) in [5, 5.41) is 1.37. The van der Waals surface area contributed by atoms with Crippen molar-refractivity contribution in [2.45, 2.75) is 5.16 Å². The minimum absolute atomic E-state index is 0.391. The van der Waals surface area contributed by atoms with Crippen LogP contribution in [0.25, 0.3) is 11.0 Å². The second kappa shape index (κ2) is 3.14. The van der Waals surface area contributed by atoms with E-state index in [1.54, 1.807) is 6.20 Å². The molecule has 2 rings (SSSR count). The molecule has 0 spiro atoms. The molecule has 2 aromatic heterocycles. The highest BCUT2D eigenvalue weighted by Crippen LogP contribution is 2.10. The van der Waals surface area contributed by atoms with Gasteiger partial charge in [-0.15, -0.1) is 0 Å². The van der Waals surface area contributed by atoms with Crippen molar-refractivity contribution in [1.29, 1.82) is 0 Å². The molecule has 13 heavy (non-hydrogen) atoms. The van der Waals surface area contributed by atoms with Gasteiger partial charge in [-0.3, -0.25) is 4.98 Å². The van der Waals surface area contributed by atoms with Crippen LogP contribution >= 0.6 is 11.8 Å². The van der Waals surface area contributed by atoms with Gasteiger partial charge in [-0.1, -0.05) is 11.8 Å². The molecular formula is C7H6N4OS. The first kappa shape index (κ1) is 8.18. The van der Waals surface area contributed by atoms with E-state index >= 15 is 0 Å². The Balaban J connectivity index is 2.75. The Morgan fingerprint density at radius 1 is 1.38 bits per heavy atom. The number of aromatic amines is 1. The lowest BCUT2D eigenvalue weighted by molar-refractivity contribution is 0.971. The minimum Gasteiger partial charge on any atom is -0.290 e. The third kappa shape index (κ3) is 1.52. The molecule has 0 unspecified atom stereocenters. The summed E-state index contributed by atoms with van der Waals surface area (Å²) < 4.78 is 0. The van der Waals surface area contributed by atoms with Gasteiger partial charge >= 0.3 is 5.69 Å². The van der Waals surface area contributed by atoms with Crippen LogP contribution in [0.15, 0.2) is 22.3 Å². The van der Waals surface area contributed by atoms with E-state index in [9.17, 15) is 4.79 Å². The monoisotopic (exact) mass is 194 g/mol. The molecule has 0 aliphatic carbocycles. The van der Waals surface area contributed by atoms with E-state index in [0.29, 0.717) is 10.8 Å². The van der Waals surface area contributed by atoms with Crippen LogP contribution in [0.4, 0.5) is 0 Å². The number of aromatic nitrogens is 4. The third-order valence-electron chi connectivity index (χ3n) is 1.52. The standard InChI is InChI=1S/C7H6N4OS/c1-13-7-9-3-4-2-8-6(12)10-5(4)11-7/h2-3H,1H3,(H,8,9,10,11,12). The Bertz CT molecular complexity index is 495. The lowest BCUT2D eigenvalue weighted by Crippen LogP contribution is -2.09. The van der Waals surface area contributed by atoms with Gasteiger partial charge in [-0.05, 0) is 6.26 Å². The maximum absolute atomic E-state index is 10.8. The zero-order valence-electron chi connectivity index (χ0n) is 6.81. The fraction of sp³-hybridized carbons (Fsp3) is 0.143. The van der Waals surface area contributed by atoms with E-state index in [4.69, 9.17) is 0 Å². The van der Waals surface area contributed by atoms with Crippen LogP contribution in [-0.4, -0.2) is 26.2 Å². The first-order chi connectivity index (χ1) is 6.29. The maximum Gasteiger partial charge on any atom is 0.346 e. The highest BCUT2D eigenvalue weighted by atomic mass is 32.2. The topological polar surface area (TPSA) is 71.5 Å². The summed E-state index contributed by atoms with van der Waals surface area (Å²) in [6.07, 6.45) is 4.97. The SMILES string of the molecule is CSc1ncc2cnc(=O)[nH]c2n1. The predicted octanol–water partition coefficient (Wildman–Crippen LogP) is 0.435. The molecule has 2 heterocycles. The zero-order valence-corrected chi connectivity index (χ0v) is 7.63. The smallest absolute Gasteiger partial charge is 0.290 e. The molecule has 0 saturated heterocycles. The summed E-state index contributed by atoms with van der Waals surface area (Å²) in [6, 6.07) is 0. The summed E-state index contributed by atoms with van der Waals surface area (Å²) in [5.74, 6) is 0. The average molecular weight is 194 g/mol. The van der Waals surface area contributed by atoms with Gasteiger partial charge in [0.25, 0.3) is 0 Å². The summed E-state index contributed by atoms with van der Waals surface area (Å²) in [5.41, 5.74) is 0.137. The van der Waals surface area contributed by atoms with Gasteiger partial charge in [-0.2, -0.15) is 0 Å². The number of thioether (sulfide) groups is 1. The van der Waals surface area contributed by atoms with Crippen molar-refractivity contribution in [1.82, 2.24) is 19.9 Å². The van der Waals surface area contributed by atoms with Crippen molar-refractivity contribution in [3.63, 3.8) is 0 Å². The molecule has 2 aromatic rings. The second-order valence-electron chi connectivity index (χ2n) is 2.35. The largest absolute Gasteiger partial charge is 0.346 e. The minimum atomic E-state index is -0.391. The Kier molecular flexibility index (Phi) is 1.97. The van der Waals surface area contributed by atoms with E-state index in [-0.39, 0.29) is 0 Å². The van der Waals surface area contributed by atoms with Gasteiger partial charge in [0.1, 0.15) is 5.65 Å². The van der Waals surface area contributed by atoms with Crippen molar-refractivity contribution in [3.05, 3.63) is 22.9 Å². The Morgan fingerprint density at radius 3 is 2.92 bits per heavy atom. The van der Waals surface area contributed by atoms with Crippen LogP contribution < -0.4 is 5.69 Å². The molecule has 0 aliphatic heterocycles. The quantitative estimate of drug-likeness (QED) is 0.526. The summed E-state index contributed by atoms with van der Waals surface area (Å²) >= 11 is 1.42. The Labute approximate surface area is 77.6 Å². The summed E-state index contributed by atoms with van der Waals surface area (Å²) in [4.78, 5) is 25.1. The van der Waals surface area contributed by atoms with Crippen molar-refractivity contribution in [2.24, 2.45) is 0 Å². The van der Waals surface area contributed by atoms with Gasteiger partial charge in [-0.25, -0.2) is 19.7 Å². The Morgan fingerprint density at radius 2 is 2.15 bits per heavy atom. The van der Waals surface area contributed by atoms with Crippen LogP contribution in [0.3, 0.4) is 0 Å². The summed E-state index contributed by atoms with van der Waals surface area (Å²) in [6.45, 7) is 0. The highest BCUT2D eigenvalue weighted by Gasteiger charge is 1.98. The molecule has 0 atom stereocenters. The number of nitrogens with one attached hydrogen (secondary N) is 1. The normalized spacial score (nSPS) is 10.5. The molecule has 0 aliphatic rings. The van der Waals surface area contributed by atoms with Crippen molar-refractivity contribution in [2.75, 3.05) is 6.26 Å². The van der Waals surface area contributed by atoms with Crippen LogP contribution in [0.1, 0.15) is 0 Å².